The van der Waals surface area contributed by atoms with Crippen molar-refractivity contribution in [3.05, 3.63) is 71.9 Å². The third kappa shape index (κ3) is 3.71. The first-order valence-electron chi connectivity index (χ1n) is 6.46. The average Bonchev–Trinajstić information content (AvgIpc) is 2.85. The van der Waals surface area contributed by atoms with Crippen molar-refractivity contribution in [2.45, 2.75) is 0 Å². The van der Waals surface area contributed by atoms with Crippen molar-refractivity contribution >= 4 is 75.2 Å². The number of amidine groups is 1. The van der Waals surface area contributed by atoms with Crippen molar-refractivity contribution in [2.24, 2.45) is 4.99 Å². The van der Waals surface area contributed by atoms with E-state index in [1.807, 2.05) is 12.1 Å². The number of nitrogens with zero attached hydrogens (tertiary/aromatic N) is 1. The molecule has 116 valence electrons. The van der Waals surface area contributed by atoms with Crippen LogP contribution < -0.4 is 5.32 Å². The van der Waals surface area contributed by atoms with Gasteiger partial charge in [-0.3, -0.25) is 4.79 Å². The minimum Gasteiger partial charge on any atom is -0.305 e. The van der Waals surface area contributed by atoms with Gasteiger partial charge in [-0.1, -0.05) is 40.9 Å². The number of aliphatic imine (C=N–C) groups is 1. The molecule has 0 saturated carbocycles. The average molecular weight is 478 g/mol. The molecule has 0 atom stereocenters. The maximum absolute atomic E-state index is 12.1. The Kier molecular flexibility index (Phi) is 4.96. The zero-order chi connectivity index (χ0) is 16.6. The zero-order valence-electron chi connectivity index (χ0n) is 11.4. The topological polar surface area (TPSA) is 41.5 Å². The minimum absolute atomic E-state index is 0.263. The molecule has 3 rings (SSSR count). The third-order valence-corrected chi connectivity index (χ3v) is 4.70. The van der Waals surface area contributed by atoms with E-state index in [9.17, 15) is 4.79 Å². The van der Waals surface area contributed by atoms with Crippen LogP contribution in [0.1, 0.15) is 11.1 Å². The zero-order valence-corrected chi connectivity index (χ0v) is 15.8. The van der Waals surface area contributed by atoms with Crippen LogP contribution in [0.2, 0.25) is 15.1 Å². The van der Waals surface area contributed by atoms with Gasteiger partial charge in [-0.05, 0) is 64.6 Å². The van der Waals surface area contributed by atoms with Crippen LogP contribution in [0.5, 0.6) is 0 Å². The van der Waals surface area contributed by atoms with Gasteiger partial charge in [0.05, 0.1) is 5.02 Å². The Morgan fingerprint density at radius 2 is 1.83 bits per heavy atom. The number of nitrogens with one attached hydrogen (secondary N) is 1. The fourth-order valence-electron chi connectivity index (χ4n) is 2.04. The van der Waals surface area contributed by atoms with Crippen LogP contribution in [0.15, 0.2) is 47.1 Å². The molecule has 3 nitrogen and oxygen atoms in total. The van der Waals surface area contributed by atoms with E-state index in [4.69, 9.17) is 34.8 Å². The lowest BCUT2D eigenvalue weighted by Gasteiger charge is -2.03. The molecule has 0 fully saturated rings. The number of hydrogen-bond donors (Lipinski definition) is 1. The smallest absolute Gasteiger partial charge is 0.275 e. The van der Waals surface area contributed by atoms with Crippen LogP contribution in [0, 0.1) is 3.57 Å². The summed E-state index contributed by atoms with van der Waals surface area (Å²) in [4.78, 5) is 16.5. The Balaban J connectivity index is 2.01. The highest BCUT2D eigenvalue weighted by molar-refractivity contribution is 14.1. The van der Waals surface area contributed by atoms with Crippen LogP contribution in [-0.4, -0.2) is 11.7 Å². The van der Waals surface area contributed by atoms with Crippen molar-refractivity contribution < 1.29 is 4.79 Å². The second kappa shape index (κ2) is 6.81. The van der Waals surface area contributed by atoms with E-state index in [-0.39, 0.29) is 11.6 Å². The van der Waals surface area contributed by atoms with Gasteiger partial charge < -0.3 is 5.32 Å². The lowest BCUT2D eigenvalue weighted by molar-refractivity contribution is -0.115. The van der Waals surface area contributed by atoms with Crippen LogP contribution in [-0.2, 0) is 4.79 Å². The van der Waals surface area contributed by atoms with Gasteiger partial charge in [0.2, 0.25) is 0 Å². The van der Waals surface area contributed by atoms with Gasteiger partial charge in [-0.15, -0.1) is 0 Å². The first-order valence-corrected chi connectivity index (χ1v) is 8.67. The maximum Gasteiger partial charge on any atom is 0.275 e. The first kappa shape index (κ1) is 16.8. The maximum atomic E-state index is 12.1. The highest BCUT2D eigenvalue weighted by Gasteiger charge is 2.23. The van der Waals surface area contributed by atoms with E-state index >= 15 is 0 Å². The Morgan fingerprint density at radius 1 is 1.04 bits per heavy atom. The van der Waals surface area contributed by atoms with Crippen LogP contribution in [0.3, 0.4) is 0 Å². The van der Waals surface area contributed by atoms with Gasteiger partial charge in [-0.2, -0.15) is 0 Å². The molecule has 0 saturated heterocycles. The summed E-state index contributed by atoms with van der Waals surface area (Å²) in [7, 11) is 0. The van der Waals surface area contributed by atoms with Gasteiger partial charge in [0.25, 0.3) is 5.91 Å². The molecule has 1 amide bonds. The summed E-state index contributed by atoms with van der Waals surface area (Å²) in [6.45, 7) is 0. The van der Waals surface area contributed by atoms with Crippen LogP contribution in [0.25, 0.3) is 6.08 Å². The molecule has 0 unspecified atom stereocenters. The third-order valence-electron chi connectivity index (χ3n) is 3.14. The molecular formula is C16H8Cl3IN2O. The Morgan fingerprint density at radius 3 is 2.57 bits per heavy atom. The standard InChI is InChI=1S/C16H8Cl3IN2O/c17-9-2-1-8(13(19)6-9)5-14-16(23)22-15(21-14)11-7-10(20)3-4-12(11)18/h1-7H,(H,21,22,23)/b14-5-. The Bertz CT molecular complexity index is 878. The summed E-state index contributed by atoms with van der Waals surface area (Å²) >= 11 is 20.4. The molecular weight excluding hydrogens is 469 g/mol. The van der Waals surface area contributed by atoms with Crippen LogP contribution >= 0.6 is 57.4 Å². The summed E-state index contributed by atoms with van der Waals surface area (Å²) in [5.74, 6) is 0.121. The number of benzene rings is 2. The first-order chi connectivity index (χ1) is 10.9. The molecule has 0 aliphatic carbocycles. The second-order valence-electron chi connectivity index (χ2n) is 4.73. The predicted molar refractivity (Wildman–Crippen MR) is 103 cm³/mol. The monoisotopic (exact) mass is 476 g/mol. The van der Waals surface area contributed by atoms with Gasteiger partial charge in [0, 0.05) is 19.2 Å². The number of halogens is 4. The summed E-state index contributed by atoms with van der Waals surface area (Å²) in [5, 5.41) is 4.23. The lowest BCUT2D eigenvalue weighted by atomic mass is 10.2. The quantitative estimate of drug-likeness (QED) is 0.471. The summed E-state index contributed by atoms with van der Waals surface area (Å²) < 4.78 is 0.997. The number of amides is 1. The number of hydrogen-bond acceptors (Lipinski definition) is 2. The SMILES string of the molecule is O=C1NC(c2cc(I)ccc2Cl)=N/C1=C\c1ccc(Cl)cc1Cl. The minimum atomic E-state index is -0.305. The molecule has 0 bridgehead atoms. The Labute approximate surface area is 161 Å². The largest absolute Gasteiger partial charge is 0.305 e. The van der Waals surface area contributed by atoms with E-state index in [1.165, 1.54) is 0 Å². The van der Waals surface area contributed by atoms with E-state index in [0.29, 0.717) is 32.0 Å². The van der Waals surface area contributed by atoms with Crippen LogP contribution in [0.4, 0.5) is 0 Å². The second-order valence-corrected chi connectivity index (χ2v) is 7.23. The van der Waals surface area contributed by atoms with Crippen molar-refractivity contribution in [2.75, 3.05) is 0 Å². The normalized spacial score (nSPS) is 15.7. The molecule has 7 heteroatoms. The van der Waals surface area contributed by atoms with Crippen molar-refractivity contribution in [3.63, 3.8) is 0 Å². The molecule has 1 aliphatic heterocycles. The van der Waals surface area contributed by atoms with Crippen molar-refractivity contribution in [1.29, 1.82) is 0 Å². The van der Waals surface area contributed by atoms with Gasteiger partial charge in [0.1, 0.15) is 11.5 Å². The fraction of sp³-hybridized carbons (Fsp3) is 0. The number of carbonyl (C=O) groups excluding carboxylic acids is 1. The number of rotatable bonds is 2. The summed E-state index contributed by atoms with van der Waals surface area (Å²) in [5.41, 5.74) is 1.61. The molecule has 2 aromatic carbocycles. The summed E-state index contributed by atoms with van der Waals surface area (Å²) in [6, 6.07) is 10.6. The predicted octanol–water partition coefficient (Wildman–Crippen LogP) is 5.17. The molecule has 1 aliphatic rings. The van der Waals surface area contributed by atoms with E-state index in [0.717, 1.165) is 3.57 Å². The molecule has 0 spiro atoms. The summed E-state index contributed by atoms with van der Waals surface area (Å²) in [6.07, 6.45) is 1.61. The fourth-order valence-corrected chi connectivity index (χ4v) is 3.20. The highest BCUT2D eigenvalue weighted by atomic mass is 127. The molecule has 23 heavy (non-hydrogen) atoms. The molecule has 1 N–H and O–H groups in total. The lowest BCUT2D eigenvalue weighted by Crippen LogP contribution is -2.25. The van der Waals surface area contributed by atoms with Gasteiger partial charge in [-0.25, -0.2) is 4.99 Å². The Hall–Kier alpha value is -1.08. The van der Waals surface area contributed by atoms with Gasteiger partial charge >= 0.3 is 0 Å². The van der Waals surface area contributed by atoms with E-state index in [1.54, 1.807) is 30.3 Å². The van der Waals surface area contributed by atoms with E-state index in [2.05, 4.69) is 32.9 Å². The van der Waals surface area contributed by atoms with Gasteiger partial charge in [0.15, 0.2) is 0 Å². The molecule has 0 aromatic heterocycles. The highest BCUT2D eigenvalue weighted by Crippen LogP contribution is 2.26. The van der Waals surface area contributed by atoms with Crippen molar-refractivity contribution in [3.8, 4) is 0 Å². The van der Waals surface area contributed by atoms with E-state index < -0.39 is 0 Å². The number of carbonyl (C=O) groups is 1. The molecule has 2 aromatic rings. The van der Waals surface area contributed by atoms with Crippen molar-refractivity contribution in [1.82, 2.24) is 5.32 Å². The molecule has 1 heterocycles. The molecule has 0 radical (unpaired) electrons.